The van der Waals surface area contributed by atoms with Crippen molar-refractivity contribution < 1.29 is 19.1 Å². The molecule has 0 fully saturated rings. The SMILES string of the molecule is COc1ccc(C(=O)Nc2nc3c(s2)CCCC3C(=O)Nc2ccc(OC)c(C)c2)cc1. The first-order chi connectivity index (χ1) is 15.5. The van der Waals surface area contributed by atoms with Gasteiger partial charge in [0.25, 0.3) is 5.91 Å². The highest BCUT2D eigenvalue weighted by Gasteiger charge is 2.30. The first kappa shape index (κ1) is 21.8. The number of carbonyl (C=O) groups excluding carboxylic acids is 2. The Morgan fingerprint density at radius 2 is 1.84 bits per heavy atom. The van der Waals surface area contributed by atoms with Gasteiger partial charge in [-0.05, 0) is 74.2 Å². The molecule has 1 aliphatic carbocycles. The monoisotopic (exact) mass is 451 g/mol. The van der Waals surface area contributed by atoms with Crippen molar-refractivity contribution in [3.8, 4) is 11.5 Å². The number of methoxy groups -OCH3 is 2. The number of hydrogen-bond acceptors (Lipinski definition) is 6. The van der Waals surface area contributed by atoms with E-state index in [1.807, 2.05) is 25.1 Å². The minimum atomic E-state index is -0.343. The van der Waals surface area contributed by atoms with Gasteiger partial charge in [0.2, 0.25) is 5.91 Å². The first-order valence-electron chi connectivity index (χ1n) is 10.4. The maximum absolute atomic E-state index is 13.0. The Labute approximate surface area is 190 Å². The number of hydrogen-bond donors (Lipinski definition) is 2. The van der Waals surface area contributed by atoms with E-state index >= 15 is 0 Å². The van der Waals surface area contributed by atoms with Crippen LogP contribution < -0.4 is 20.1 Å². The van der Waals surface area contributed by atoms with Crippen molar-refractivity contribution >= 4 is 34.0 Å². The molecule has 2 amide bonds. The molecule has 0 spiro atoms. The molecule has 2 N–H and O–H groups in total. The second-order valence-corrected chi connectivity index (χ2v) is 8.71. The summed E-state index contributed by atoms with van der Waals surface area (Å²) in [5.74, 6) is 0.790. The van der Waals surface area contributed by atoms with Crippen molar-refractivity contribution in [3.05, 3.63) is 64.2 Å². The van der Waals surface area contributed by atoms with E-state index in [-0.39, 0.29) is 17.7 Å². The largest absolute Gasteiger partial charge is 0.497 e. The van der Waals surface area contributed by atoms with Crippen LogP contribution in [0.4, 0.5) is 10.8 Å². The number of thiazole rings is 1. The number of nitrogens with one attached hydrogen (secondary N) is 2. The Balaban J connectivity index is 1.48. The highest BCUT2D eigenvalue weighted by atomic mass is 32.1. The predicted molar refractivity (Wildman–Crippen MR) is 125 cm³/mol. The average molecular weight is 452 g/mol. The van der Waals surface area contributed by atoms with Gasteiger partial charge in [0.1, 0.15) is 11.5 Å². The van der Waals surface area contributed by atoms with Crippen LogP contribution in [0, 0.1) is 6.92 Å². The van der Waals surface area contributed by atoms with Crippen LogP contribution in [0.25, 0.3) is 0 Å². The topological polar surface area (TPSA) is 89.5 Å². The fraction of sp³-hybridized carbons (Fsp3) is 0.292. The lowest BCUT2D eigenvalue weighted by Gasteiger charge is -2.20. The van der Waals surface area contributed by atoms with Gasteiger partial charge in [-0.15, -0.1) is 11.3 Å². The van der Waals surface area contributed by atoms with Gasteiger partial charge in [-0.25, -0.2) is 4.98 Å². The first-order valence-corrected chi connectivity index (χ1v) is 11.2. The lowest BCUT2D eigenvalue weighted by molar-refractivity contribution is -0.117. The molecule has 0 aliphatic heterocycles. The van der Waals surface area contributed by atoms with Gasteiger partial charge >= 0.3 is 0 Å². The van der Waals surface area contributed by atoms with Crippen LogP contribution in [0.2, 0.25) is 0 Å². The summed E-state index contributed by atoms with van der Waals surface area (Å²) < 4.78 is 10.4. The van der Waals surface area contributed by atoms with Crippen molar-refractivity contribution in [2.24, 2.45) is 0 Å². The summed E-state index contributed by atoms with van der Waals surface area (Å²) in [5.41, 5.74) is 2.95. The Morgan fingerprint density at radius 1 is 1.06 bits per heavy atom. The zero-order valence-corrected chi connectivity index (χ0v) is 19.0. The third-order valence-electron chi connectivity index (χ3n) is 5.51. The van der Waals surface area contributed by atoms with E-state index in [1.54, 1.807) is 38.5 Å². The zero-order valence-electron chi connectivity index (χ0n) is 18.2. The van der Waals surface area contributed by atoms with Gasteiger partial charge in [-0.2, -0.15) is 0 Å². The van der Waals surface area contributed by atoms with Gasteiger partial charge in [0.15, 0.2) is 5.13 Å². The van der Waals surface area contributed by atoms with Crippen molar-refractivity contribution in [1.82, 2.24) is 4.98 Å². The number of aryl methyl sites for hydroxylation is 2. The van der Waals surface area contributed by atoms with Crippen molar-refractivity contribution in [2.45, 2.75) is 32.1 Å². The molecule has 1 atom stereocenters. The second kappa shape index (κ2) is 9.40. The number of benzene rings is 2. The number of carbonyl (C=O) groups is 2. The molecule has 166 valence electrons. The lowest BCUT2D eigenvalue weighted by Crippen LogP contribution is -2.24. The summed E-state index contributed by atoms with van der Waals surface area (Å²) in [6.45, 7) is 1.94. The summed E-state index contributed by atoms with van der Waals surface area (Å²) >= 11 is 1.44. The van der Waals surface area contributed by atoms with E-state index in [1.165, 1.54) is 11.3 Å². The summed E-state index contributed by atoms with van der Waals surface area (Å²) in [6, 6.07) is 12.4. The van der Waals surface area contributed by atoms with Gasteiger partial charge in [-0.3, -0.25) is 14.9 Å². The van der Waals surface area contributed by atoms with E-state index in [9.17, 15) is 9.59 Å². The zero-order chi connectivity index (χ0) is 22.7. The average Bonchev–Trinajstić information content (AvgIpc) is 3.21. The Kier molecular flexibility index (Phi) is 6.41. The summed E-state index contributed by atoms with van der Waals surface area (Å²) in [5, 5.41) is 6.38. The summed E-state index contributed by atoms with van der Waals surface area (Å²) in [6.07, 6.45) is 2.49. The molecule has 0 radical (unpaired) electrons. The Morgan fingerprint density at radius 3 is 2.53 bits per heavy atom. The highest BCUT2D eigenvalue weighted by molar-refractivity contribution is 7.16. The number of fused-ring (bicyclic) bond motifs is 1. The molecule has 0 bridgehead atoms. The van der Waals surface area contributed by atoms with Crippen LogP contribution in [0.1, 0.15) is 45.3 Å². The predicted octanol–water partition coefficient (Wildman–Crippen LogP) is 4.78. The number of ether oxygens (including phenoxy) is 2. The molecule has 32 heavy (non-hydrogen) atoms. The Bertz CT molecular complexity index is 1140. The molecule has 1 aromatic heterocycles. The van der Waals surface area contributed by atoms with E-state index in [4.69, 9.17) is 9.47 Å². The van der Waals surface area contributed by atoms with E-state index in [0.717, 1.165) is 46.8 Å². The van der Waals surface area contributed by atoms with Crippen LogP contribution in [0.15, 0.2) is 42.5 Å². The molecule has 1 unspecified atom stereocenters. The van der Waals surface area contributed by atoms with Crippen LogP contribution in [0.3, 0.4) is 0 Å². The number of nitrogens with zero attached hydrogens (tertiary/aromatic N) is 1. The molecule has 7 nitrogen and oxygen atoms in total. The molecule has 2 aromatic carbocycles. The minimum Gasteiger partial charge on any atom is -0.497 e. The van der Waals surface area contributed by atoms with Crippen molar-refractivity contribution in [2.75, 3.05) is 24.9 Å². The van der Waals surface area contributed by atoms with Crippen molar-refractivity contribution in [3.63, 3.8) is 0 Å². The van der Waals surface area contributed by atoms with Gasteiger partial charge in [0, 0.05) is 16.1 Å². The highest BCUT2D eigenvalue weighted by Crippen LogP contribution is 2.37. The van der Waals surface area contributed by atoms with Crippen LogP contribution in [-0.2, 0) is 11.2 Å². The van der Waals surface area contributed by atoms with E-state index in [2.05, 4.69) is 15.6 Å². The van der Waals surface area contributed by atoms with Gasteiger partial charge in [0.05, 0.1) is 25.8 Å². The fourth-order valence-corrected chi connectivity index (χ4v) is 4.88. The quantitative estimate of drug-likeness (QED) is 0.563. The third-order valence-corrected chi connectivity index (χ3v) is 6.55. The standard InChI is InChI=1S/C24H25N3O4S/c1-14-13-16(9-12-19(14)31-3)25-23(29)18-5-4-6-20-21(18)26-24(32-20)27-22(28)15-7-10-17(30-2)11-8-15/h7-13,18H,4-6H2,1-3H3,(H,25,29)(H,26,27,28). The molecular formula is C24H25N3O4S. The normalized spacial score (nSPS) is 14.9. The number of rotatable bonds is 6. The lowest BCUT2D eigenvalue weighted by atomic mass is 9.90. The second-order valence-electron chi connectivity index (χ2n) is 7.63. The minimum absolute atomic E-state index is 0.0890. The molecule has 1 heterocycles. The smallest absolute Gasteiger partial charge is 0.257 e. The number of anilines is 2. The molecular weight excluding hydrogens is 426 g/mol. The van der Waals surface area contributed by atoms with E-state index < -0.39 is 0 Å². The van der Waals surface area contributed by atoms with E-state index in [0.29, 0.717) is 16.4 Å². The maximum atomic E-state index is 13.0. The van der Waals surface area contributed by atoms with Gasteiger partial charge < -0.3 is 14.8 Å². The molecule has 3 aromatic rings. The van der Waals surface area contributed by atoms with Crippen molar-refractivity contribution in [1.29, 1.82) is 0 Å². The van der Waals surface area contributed by atoms with Gasteiger partial charge in [-0.1, -0.05) is 0 Å². The number of amides is 2. The summed E-state index contributed by atoms with van der Waals surface area (Å²) in [4.78, 5) is 31.3. The van der Waals surface area contributed by atoms with Crippen LogP contribution in [0.5, 0.6) is 11.5 Å². The molecule has 4 rings (SSSR count). The summed E-state index contributed by atoms with van der Waals surface area (Å²) in [7, 11) is 3.20. The third kappa shape index (κ3) is 4.60. The molecule has 0 saturated carbocycles. The molecule has 1 aliphatic rings. The van der Waals surface area contributed by atoms with Crippen LogP contribution in [-0.4, -0.2) is 31.0 Å². The molecule has 0 saturated heterocycles. The van der Waals surface area contributed by atoms with Crippen LogP contribution >= 0.6 is 11.3 Å². The maximum Gasteiger partial charge on any atom is 0.257 e. The Hall–Kier alpha value is -3.39. The number of aromatic nitrogens is 1. The fourth-order valence-electron chi connectivity index (χ4n) is 3.82. The molecule has 8 heteroatoms.